The van der Waals surface area contributed by atoms with Gasteiger partial charge in [-0.15, -0.1) is 11.3 Å². The Morgan fingerprint density at radius 2 is 1.93 bits per heavy atom. The Labute approximate surface area is 106 Å². The molecule has 7 heteroatoms. The minimum Gasteiger partial charge on any atom is -0.206 e. The molecule has 0 aliphatic carbocycles. The molecule has 0 N–H and O–H groups in total. The van der Waals surface area contributed by atoms with Gasteiger partial charge in [-0.05, 0) is 28.1 Å². The van der Waals surface area contributed by atoms with Crippen LogP contribution in [0.3, 0.4) is 0 Å². The van der Waals surface area contributed by atoms with Crippen molar-refractivity contribution in [2.45, 2.75) is 4.21 Å². The van der Waals surface area contributed by atoms with Crippen molar-refractivity contribution in [3.63, 3.8) is 0 Å². The van der Waals surface area contributed by atoms with Gasteiger partial charge in [0.25, 0.3) is 10.0 Å². The van der Waals surface area contributed by atoms with E-state index in [0.717, 1.165) is 15.3 Å². The molecule has 15 heavy (non-hydrogen) atoms. The van der Waals surface area contributed by atoms with E-state index in [0.29, 0.717) is 17.3 Å². The molecule has 1 aliphatic rings. The lowest BCUT2D eigenvalue weighted by Gasteiger charge is -2.24. The van der Waals surface area contributed by atoms with E-state index >= 15 is 0 Å². The van der Waals surface area contributed by atoms with Gasteiger partial charge in [-0.25, -0.2) is 8.42 Å². The second-order valence-corrected chi connectivity index (χ2v) is 8.93. The van der Waals surface area contributed by atoms with Crippen molar-refractivity contribution in [1.82, 2.24) is 4.31 Å². The average molecular weight is 328 g/mol. The SMILES string of the molecule is O=S(=O)(c1ccc(Br)s1)N1CCSCC1. The number of sulfonamides is 1. The summed E-state index contributed by atoms with van der Waals surface area (Å²) in [6.45, 7) is 1.25. The Morgan fingerprint density at radius 1 is 1.27 bits per heavy atom. The molecule has 0 atom stereocenters. The number of nitrogens with zero attached hydrogens (tertiary/aromatic N) is 1. The highest BCUT2D eigenvalue weighted by molar-refractivity contribution is 9.11. The molecule has 1 fully saturated rings. The van der Waals surface area contributed by atoms with Crippen LogP contribution in [0.4, 0.5) is 0 Å². The van der Waals surface area contributed by atoms with Crippen LogP contribution >= 0.6 is 39.0 Å². The summed E-state index contributed by atoms with van der Waals surface area (Å²) in [5.41, 5.74) is 0. The van der Waals surface area contributed by atoms with Crippen molar-refractivity contribution >= 4 is 49.1 Å². The van der Waals surface area contributed by atoms with Crippen molar-refractivity contribution in [3.05, 3.63) is 15.9 Å². The summed E-state index contributed by atoms with van der Waals surface area (Å²) >= 11 is 6.35. The van der Waals surface area contributed by atoms with Gasteiger partial charge >= 0.3 is 0 Å². The molecule has 1 aromatic heterocycles. The maximum Gasteiger partial charge on any atom is 0.252 e. The number of hydrogen-bond acceptors (Lipinski definition) is 4. The van der Waals surface area contributed by atoms with Crippen LogP contribution in [-0.4, -0.2) is 37.3 Å². The summed E-state index contributed by atoms with van der Waals surface area (Å²) in [6, 6.07) is 3.43. The zero-order valence-corrected chi connectivity index (χ0v) is 11.9. The largest absolute Gasteiger partial charge is 0.252 e. The third-order valence-corrected chi connectivity index (χ3v) is 7.04. The molecule has 1 aromatic rings. The van der Waals surface area contributed by atoms with Gasteiger partial charge in [-0.3, -0.25) is 0 Å². The van der Waals surface area contributed by atoms with E-state index < -0.39 is 10.0 Å². The summed E-state index contributed by atoms with van der Waals surface area (Å²) < 4.78 is 27.1. The van der Waals surface area contributed by atoms with Crippen LogP contribution in [0.2, 0.25) is 0 Å². The summed E-state index contributed by atoms with van der Waals surface area (Å²) in [4.78, 5) is 0. The maximum atomic E-state index is 12.1. The summed E-state index contributed by atoms with van der Waals surface area (Å²) in [5.74, 6) is 1.79. The number of hydrogen-bond donors (Lipinski definition) is 0. The maximum absolute atomic E-state index is 12.1. The van der Waals surface area contributed by atoms with Crippen LogP contribution in [0, 0.1) is 0 Å². The Hall–Kier alpha value is 0.440. The zero-order chi connectivity index (χ0) is 10.9. The number of thioether (sulfide) groups is 1. The highest BCUT2D eigenvalue weighted by Gasteiger charge is 2.27. The highest BCUT2D eigenvalue weighted by Crippen LogP contribution is 2.29. The van der Waals surface area contributed by atoms with Crippen LogP contribution in [-0.2, 0) is 10.0 Å². The van der Waals surface area contributed by atoms with Gasteiger partial charge < -0.3 is 0 Å². The van der Waals surface area contributed by atoms with Crippen molar-refractivity contribution in [3.8, 4) is 0 Å². The molecule has 0 saturated carbocycles. The molecule has 0 unspecified atom stereocenters. The number of rotatable bonds is 2. The minimum absolute atomic E-state index is 0.432. The highest BCUT2D eigenvalue weighted by atomic mass is 79.9. The van der Waals surface area contributed by atoms with Crippen molar-refractivity contribution < 1.29 is 8.42 Å². The van der Waals surface area contributed by atoms with Crippen molar-refractivity contribution in [2.75, 3.05) is 24.6 Å². The van der Waals surface area contributed by atoms with Gasteiger partial charge in [0.1, 0.15) is 4.21 Å². The normalized spacial score (nSPS) is 19.3. The van der Waals surface area contributed by atoms with Crippen LogP contribution in [0.25, 0.3) is 0 Å². The monoisotopic (exact) mass is 327 g/mol. The third kappa shape index (κ3) is 2.58. The van der Waals surface area contributed by atoms with Gasteiger partial charge in [0.15, 0.2) is 0 Å². The molecule has 3 nitrogen and oxygen atoms in total. The molecule has 0 bridgehead atoms. The first-order chi connectivity index (χ1) is 7.10. The fraction of sp³-hybridized carbons (Fsp3) is 0.500. The molecule has 0 radical (unpaired) electrons. The quantitative estimate of drug-likeness (QED) is 0.836. The summed E-state index contributed by atoms with van der Waals surface area (Å²) in [7, 11) is -3.23. The summed E-state index contributed by atoms with van der Waals surface area (Å²) in [6.07, 6.45) is 0. The van der Waals surface area contributed by atoms with Gasteiger partial charge in [0, 0.05) is 24.6 Å². The fourth-order valence-electron chi connectivity index (χ4n) is 1.35. The van der Waals surface area contributed by atoms with Crippen molar-refractivity contribution in [2.24, 2.45) is 0 Å². The van der Waals surface area contributed by atoms with E-state index in [4.69, 9.17) is 0 Å². The Bertz CT molecular complexity index is 436. The van der Waals surface area contributed by atoms with Gasteiger partial charge in [-0.2, -0.15) is 16.1 Å². The minimum atomic E-state index is -3.23. The van der Waals surface area contributed by atoms with Crippen molar-refractivity contribution in [1.29, 1.82) is 0 Å². The smallest absolute Gasteiger partial charge is 0.206 e. The van der Waals surface area contributed by atoms with E-state index in [2.05, 4.69) is 15.9 Å². The second kappa shape index (κ2) is 4.75. The lowest BCUT2D eigenvalue weighted by molar-refractivity contribution is 0.445. The molecule has 1 saturated heterocycles. The van der Waals surface area contributed by atoms with E-state index in [-0.39, 0.29) is 0 Å². The molecule has 0 amide bonds. The van der Waals surface area contributed by atoms with Crippen LogP contribution in [0.15, 0.2) is 20.1 Å². The average Bonchev–Trinajstić information content (AvgIpc) is 2.67. The fourth-order valence-corrected chi connectivity index (χ4v) is 6.09. The van der Waals surface area contributed by atoms with Gasteiger partial charge in [0.2, 0.25) is 0 Å². The summed E-state index contributed by atoms with van der Waals surface area (Å²) in [5, 5.41) is 0. The molecule has 0 spiro atoms. The zero-order valence-electron chi connectivity index (χ0n) is 7.85. The standard InChI is InChI=1S/C8H10BrNO2S3/c9-7-1-2-8(14-7)15(11,12)10-3-5-13-6-4-10/h1-2H,3-6H2. The first-order valence-electron chi connectivity index (χ1n) is 4.44. The molecular formula is C8H10BrNO2S3. The van der Waals surface area contributed by atoms with E-state index in [9.17, 15) is 8.42 Å². The van der Waals surface area contributed by atoms with Crippen LogP contribution < -0.4 is 0 Å². The molecule has 1 aliphatic heterocycles. The van der Waals surface area contributed by atoms with E-state index in [1.54, 1.807) is 28.2 Å². The predicted molar refractivity (Wildman–Crippen MR) is 68.1 cm³/mol. The van der Waals surface area contributed by atoms with Crippen LogP contribution in [0.5, 0.6) is 0 Å². The predicted octanol–water partition coefficient (Wildman–Crippen LogP) is 2.25. The lowest BCUT2D eigenvalue weighted by Crippen LogP contribution is -2.37. The van der Waals surface area contributed by atoms with E-state index in [1.807, 2.05) is 0 Å². The molecule has 2 rings (SSSR count). The Balaban J connectivity index is 2.26. The number of thiophene rings is 1. The Kier molecular flexibility index (Phi) is 3.77. The first kappa shape index (κ1) is 11.9. The first-order valence-corrected chi connectivity index (χ1v) is 8.64. The van der Waals surface area contributed by atoms with E-state index in [1.165, 1.54) is 11.3 Å². The van der Waals surface area contributed by atoms with Gasteiger partial charge in [-0.1, -0.05) is 0 Å². The number of halogens is 1. The Morgan fingerprint density at radius 3 is 2.47 bits per heavy atom. The topological polar surface area (TPSA) is 37.4 Å². The molecule has 0 aromatic carbocycles. The lowest BCUT2D eigenvalue weighted by atomic mass is 10.6. The van der Waals surface area contributed by atoms with Gasteiger partial charge in [0.05, 0.1) is 3.79 Å². The second-order valence-electron chi connectivity index (χ2n) is 3.08. The molecule has 84 valence electrons. The van der Waals surface area contributed by atoms with Crippen LogP contribution in [0.1, 0.15) is 0 Å². The molecular weight excluding hydrogens is 318 g/mol. The third-order valence-electron chi connectivity index (χ3n) is 2.11. The molecule has 2 heterocycles.